The third-order valence-corrected chi connectivity index (χ3v) is 3.67. The second-order valence-electron chi connectivity index (χ2n) is 5.69. The molecule has 2 rings (SSSR count). The molecule has 1 atom stereocenters. The average Bonchev–Trinajstić information content (AvgIpc) is 2.54. The fraction of sp³-hybridized carbons (Fsp3) is 0.278. The van der Waals surface area contributed by atoms with Crippen LogP contribution in [-0.2, 0) is 23.9 Å². The van der Waals surface area contributed by atoms with Crippen LogP contribution in [0.15, 0.2) is 54.6 Å². The number of rotatable bonds is 5. The lowest BCUT2D eigenvalue weighted by atomic mass is 10.1. The summed E-state index contributed by atoms with van der Waals surface area (Å²) in [5.74, 6) is -0.309. The van der Waals surface area contributed by atoms with Gasteiger partial charge in [0, 0.05) is 13.6 Å². The molecule has 0 aromatic heterocycles. The Kier molecular flexibility index (Phi) is 7.45. The number of hydrogen-bond donors (Lipinski definition) is 1. The normalized spacial score (nSPS) is 12.2. The minimum absolute atomic E-state index is 0. The van der Waals surface area contributed by atoms with Crippen LogP contribution >= 0.6 is 12.4 Å². The van der Waals surface area contributed by atoms with Crippen molar-refractivity contribution < 1.29 is 18.0 Å². The van der Waals surface area contributed by atoms with E-state index in [0.717, 1.165) is 17.7 Å². The number of hydrogen-bond acceptors (Lipinski definition) is 2. The third-order valence-electron chi connectivity index (χ3n) is 3.67. The fourth-order valence-electron chi connectivity index (χ4n) is 2.44. The Morgan fingerprint density at radius 3 is 2.28 bits per heavy atom. The number of carbonyl (C=O) groups excluding carboxylic acids is 1. The van der Waals surface area contributed by atoms with Crippen LogP contribution in [-0.4, -0.2) is 23.9 Å². The van der Waals surface area contributed by atoms with Crippen molar-refractivity contribution in [2.75, 3.05) is 7.05 Å². The molecule has 0 unspecified atom stereocenters. The first-order valence-corrected chi connectivity index (χ1v) is 7.48. The lowest BCUT2D eigenvalue weighted by molar-refractivity contribution is -0.137. The van der Waals surface area contributed by atoms with Gasteiger partial charge < -0.3 is 10.6 Å². The van der Waals surface area contributed by atoms with E-state index >= 15 is 0 Å². The number of nitrogens with two attached hydrogens (primary N) is 1. The predicted molar refractivity (Wildman–Crippen MR) is 93.3 cm³/mol. The van der Waals surface area contributed by atoms with Crippen LogP contribution in [0.3, 0.4) is 0 Å². The van der Waals surface area contributed by atoms with Crippen LogP contribution in [0.25, 0.3) is 0 Å². The molecule has 2 aromatic carbocycles. The largest absolute Gasteiger partial charge is 0.416 e. The maximum atomic E-state index is 12.7. The summed E-state index contributed by atoms with van der Waals surface area (Å²) in [6, 6.07) is 13.6. The number of carbonyl (C=O) groups is 1. The van der Waals surface area contributed by atoms with E-state index in [9.17, 15) is 18.0 Å². The van der Waals surface area contributed by atoms with Crippen LogP contribution in [0.4, 0.5) is 13.2 Å². The Bertz CT molecular complexity index is 692. The van der Waals surface area contributed by atoms with Gasteiger partial charge in [-0.25, -0.2) is 0 Å². The zero-order chi connectivity index (χ0) is 17.7. The van der Waals surface area contributed by atoms with Crippen LogP contribution in [0.5, 0.6) is 0 Å². The average molecular weight is 373 g/mol. The Hall–Kier alpha value is -2.05. The van der Waals surface area contributed by atoms with E-state index < -0.39 is 17.8 Å². The van der Waals surface area contributed by atoms with E-state index in [1.807, 2.05) is 30.3 Å². The van der Waals surface area contributed by atoms with Crippen LogP contribution in [0, 0.1) is 0 Å². The van der Waals surface area contributed by atoms with Gasteiger partial charge in [0.15, 0.2) is 0 Å². The predicted octanol–water partition coefficient (Wildman–Crippen LogP) is 3.66. The summed E-state index contributed by atoms with van der Waals surface area (Å²) in [6.45, 7) is 0.0746. The van der Waals surface area contributed by atoms with Crippen molar-refractivity contribution in [1.82, 2.24) is 4.90 Å². The molecule has 1 amide bonds. The van der Waals surface area contributed by atoms with Gasteiger partial charge in [-0.15, -0.1) is 12.4 Å². The van der Waals surface area contributed by atoms with E-state index in [-0.39, 0.29) is 24.9 Å². The number of nitrogens with zero attached hydrogens (tertiary/aromatic N) is 1. The van der Waals surface area contributed by atoms with Crippen molar-refractivity contribution in [3.05, 3.63) is 71.3 Å². The Morgan fingerprint density at radius 2 is 1.68 bits per heavy atom. The molecule has 0 spiro atoms. The summed E-state index contributed by atoms with van der Waals surface area (Å²) in [7, 11) is 1.54. The van der Waals surface area contributed by atoms with Crippen molar-refractivity contribution in [3.8, 4) is 0 Å². The number of halogens is 4. The Balaban J connectivity index is 0.00000312. The Morgan fingerprint density at radius 1 is 1.08 bits per heavy atom. The Labute approximate surface area is 151 Å². The van der Waals surface area contributed by atoms with E-state index in [2.05, 4.69) is 0 Å². The molecule has 0 saturated carbocycles. The zero-order valence-corrected chi connectivity index (χ0v) is 14.5. The van der Waals surface area contributed by atoms with Crippen LogP contribution < -0.4 is 5.73 Å². The fourth-order valence-corrected chi connectivity index (χ4v) is 2.44. The number of benzene rings is 2. The highest BCUT2D eigenvalue weighted by Gasteiger charge is 2.30. The van der Waals surface area contributed by atoms with Gasteiger partial charge in [-0.05, 0) is 29.7 Å². The van der Waals surface area contributed by atoms with Gasteiger partial charge in [0.1, 0.15) is 0 Å². The van der Waals surface area contributed by atoms with Gasteiger partial charge >= 0.3 is 6.18 Å². The van der Waals surface area contributed by atoms with E-state index in [4.69, 9.17) is 5.73 Å². The van der Waals surface area contributed by atoms with Gasteiger partial charge in [-0.3, -0.25) is 4.79 Å². The zero-order valence-electron chi connectivity index (χ0n) is 13.7. The first-order chi connectivity index (χ1) is 11.3. The smallest absolute Gasteiger partial charge is 0.340 e. The summed E-state index contributed by atoms with van der Waals surface area (Å²) in [5, 5.41) is 0. The summed E-state index contributed by atoms with van der Waals surface area (Å²) in [6.07, 6.45) is -4.02. The molecule has 2 aromatic rings. The van der Waals surface area contributed by atoms with E-state index in [1.54, 1.807) is 6.07 Å². The molecule has 0 aliphatic heterocycles. The molecule has 0 radical (unpaired) electrons. The summed E-state index contributed by atoms with van der Waals surface area (Å²) >= 11 is 0. The van der Waals surface area contributed by atoms with Crippen LogP contribution in [0.1, 0.15) is 16.7 Å². The molecule has 136 valence electrons. The molecule has 0 bridgehead atoms. The van der Waals surface area contributed by atoms with Gasteiger partial charge in [-0.1, -0.05) is 42.5 Å². The number of alkyl halides is 3. The summed E-state index contributed by atoms with van der Waals surface area (Å²) in [4.78, 5) is 13.7. The van der Waals surface area contributed by atoms with Gasteiger partial charge in [-0.2, -0.15) is 13.2 Å². The summed E-state index contributed by atoms with van der Waals surface area (Å²) in [5.41, 5.74) is 6.55. The first-order valence-electron chi connectivity index (χ1n) is 7.48. The second kappa shape index (κ2) is 8.87. The van der Waals surface area contributed by atoms with Crippen molar-refractivity contribution in [2.45, 2.75) is 25.2 Å². The molecule has 0 saturated heterocycles. The highest BCUT2D eigenvalue weighted by molar-refractivity contribution is 5.85. The van der Waals surface area contributed by atoms with Gasteiger partial charge in [0.05, 0.1) is 11.6 Å². The maximum absolute atomic E-state index is 12.7. The molecule has 2 N–H and O–H groups in total. The number of amides is 1. The SMILES string of the molecule is CN(Cc1cccc(C(F)(F)F)c1)C(=O)[C@@H](N)Cc1ccccc1.Cl. The van der Waals surface area contributed by atoms with Crippen LogP contribution in [0.2, 0.25) is 0 Å². The lowest BCUT2D eigenvalue weighted by Gasteiger charge is -2.22. The van der Waals surface area contributed by atoms with Crippen molar-refractivity contribution >= 4 is 18.3 Å². The van der Waals surface area contributed by atoms with Gasteiger partial charge in [0.25, 0.3) is 0 Å². The monoisotopic (exact) mass is 372 g/mol. The molecule has 7 heteroatoms. The third kappa shape index (κ3) is 6.07. The highest BCUT2D eigenvalue weighted by Crippen LogP contribution is 2.29. The maximum Gasteiger partial charge on any atom is 0.416 e. The highest BCUT2D eigenvalue weighted by atomic mass is 35.5. The van der Waals surface area contributed by atoms with Crippen molar-refractivity contribution in [3.63, 3.8) is 0 Å². The molecular formula is C18H20ClF3N2O. The molecule has 0 aliphatic rings. The van der Waals surface area contributed by atoms with Crippen molar-refractivity contribution in [1.29, 1.82) is 0 Å². The van der Waals surface area contributed by atoms with Gasteiger partial charge in [0.2, 0.25) is 5.91 Å². The lowest BCUT2D eigenvalue weighted by Crippen LogP contribution is -2.42. The van der Waals surface area contributed by atoms with E-state index in [0.29, 0.717) is 12.0 Å². The molecule has 0 aliphatic carbocycles. The number of likely N-dealkylation sites (N-methyl/N-ethyl adjacent to an activating group) is 1. The summed E-state index contributed by atoms with van der Waals surface area (Å²) < 4.78 is 38.2. The van der Waals surface area contributed by atoms with E-state index in [1.165, 1.54) is 18.0 Å². The molecule has 3 nitrogen and oxygen atoms in total. The molecule has 0 heterocycles. The standard InChI is InChI=1S/C18H19F3N2O.ClH/c1-23(12-14-8-5-9-15(10-14)18(19,20)21)17(24)16(22)11-13-6-3-2-4-7-13;/h2-10,16H,11-12,22H2,1H3;1H/t16-;/m0./s1. The molecule has 0 fully saturated rings. The first kappa shape index (κ1) is 21.0. The van der Waals surface area contributed by atoms with Crippen molar-refractivity contribution in [2.24, 2.45) is 5.73 Å². The quantitative estimate of drug-likeness (QED) is 0.870. The molecule has 25 heavy (non-hydrogen) atoms. The second-order valence-corrected chi connectivity index (χ2v) is 5.69. The molecular weight excluding hydrogens is 353 g/mol. The minimum atomic E-state index is -4.40. The minimum Gasteiger partial charge on any atom is -0.340 e. The topological polar surface area (TPSA) is 46.3 Å².